The van der Waals surface area contributed by atoms with Crippen molar-refractivity contribution in [3.8, 4) is 0 Å². The second-order valence-electron chi connectivity index (χ2n) is 3.20. The molecule has 0 aromatic heterocycles. The van der Waals surface area contributed by atoms with Crippen molar-refractivity contribution in [3.63, 3.8) is 0 Å². The molecule has 0 spiro atoms. The Morgan fingerprint density at radius 3 is 2.54 bits per heavy atom. The van der Waals surface area contributed by atoms with Crippen LogP contribution in [0.15, 0.2) is 4.99 Å². The highest BCUT2D eigenvalue weighted by molar-refractivity contribution is 5.88. The van der Waals surface area contributed by atoms with E-state index in [0.29, 0.717) is 25.6 Å². The van der Waals surface area contributed by atoms with E-state index >= 15 is 0 Å². The Hall–Kier alpha value is -0.610. The Labute approximate surface area is 80.1 Å². The molecule has 4 nitrogen and oxygen atoms in total. The predicted octanol–water partition coefficient (Wildman–Crippen LogP) is 0.805. The van der Waals surface area contributed by atoms with Crippen molar-refractivity contribution in [2.24, 2.45) is 10.7 Å². The largest absolute Gasteiger partial charge is 0.385 e. The van der Waals surface area contributed by atoms with Crippen LogP contribution in [-0.2, 0) is 9.47 Å². The lowest BCUT2D eigenvalue weighted by atomic mass is 10.1. The number of hydrogen-bond donors (Lipinski definition) is 1. The molecule has 78 valence electrons. The van der Waals surface area contributed by atoms with Crippen LogP contribution in [0, 0.1) is 0 Å². The minimum Gasteiger partial charge on any atom is -0.385 e. The third-order valence-electron chi connectivity index (χ3n) is 1.70. The van der Waals surface area contributed by atoms with Crippen molar-refractivity contribution in [1.29, 1.82) is 0 Å². The van der Waals surface area contributed by atoms with Crippen LogP contribution >= 0.6 is 0 Å². The second-order valence-corrected chi connectivity index (χ2v) is 3.20. The van der Waals surface area contributed by atoms with Crippen LogP contribution in [0.3, 0.4) is 0 Å². The lowest BCUT2D eigenvalue weighted by Gasteiger charge is -2.23. The number of nitrogens with zero attached hydrogens (tertiary/aromatic N) is 1. The second kappa shape index (κ2) is 5.94. The number of ether oxygens (including phenoxy) is 2. The molecule has 0 saturated carbocycles. The molecule has 0 saturated heterocycles. The molecule has 0 radical (unpaired) electrons. The predicted molar refractivity (Wildman–Crippen MR) is 54.1 cm³/mol. The van der Waals surface area contributed by atoms with Gasteiger partial charge in [-0.1, -0.05) is 0 Å². The molecule has 0 aliphatic rings. The summed E-state index contributed by atoms with van der Waals surface area (Å²) >= 11 is 0. The molecule has 0 aliphatic heterocycles. The molecule has 0 rings (SSSR count). The van der Waals surface area contributed by atoms with E-state index in [2.05, 4.69) is 4.99 Å². The highest BCUT2D eigenvalue weighted by atomic mass is 16.5. The van der Waals surface area contributed by atoms with Crippen molar-refractivity contribution in [3.05, 3.63) is 0 Å². The quantitative estimate of drug-likeness (QED) is 0.381. The van der Waals surface area contributed by atoms with E-state index in [9.17, 15) is 0 Å². The standard InChI is InChI=1S/C9H20N2O2/c1-5-13-9(2,3)8(10)11-6-7-12-4/h5-7H2,1-4H3,(H2,10,11). The van der Waals surface area contributed by atoms with Crippen molar-refractivity contribution in [1.82, 2.24) is 0 Å². The van der Waals surface area contributed by atoms with Crippen LogP contribution < -0.4 is 5.73 Å². The summed E-state index contributed by atoms with van der Waals surface area (Å²) in [7, 11) is 1.64. The van der Waals surface area contributed by atoms with Gasteiger partial charge in [-0.2, -0.15) is 0 Å². The number of amidine groups is 1. The Bertz CT molecular complexity index is 167. The highest BCUT2D eigenvalue weighted by Gasteiger charge is 2.22. The summed E-state index contributed by atoms with van der Waals surface area (Å²) in [5.74, 6) is 0.520. The summed E-state index contributed by atoms with van der Waals surface area (Å²) in [6, 6.07) is 0. The van der Waals surface area contributed by atoms with Gasteiger partial charge in [0.25, 0.3) is 0 Å². The van der Waals surface area contributed by atoms with Gasteiger partial charge in [-0.25, -0.2) is 0 Å². The van der Waals surface area contributed by atoms with Crippen molar-refractivity contribution in [2.75, 3.05) is 26.9 Å². The Morgan fingerprint density at radius 1 is 1.46 bits per heavy atom. The minimum absolute atomic E-state index is 0.470. The molecule has 4 heteroatoms. The average molecular weight is 188 g/mol. The van der Waals surface area contributed by atoms with E-state index < -0.39 is 5.60 Å². The van der Waals surface area contributed by atoms with Gasteiger partial charge in [-0.3, -0.25) is 4.99 Å². The van der Waals surface area contributed by atoms with Crippen LogP contribution in [0.2, 0.25) is 0 Å². The lowest BCUT2D eigenvalue weighted by Crippen LogP contribution is -2.41. The van der Waals surface area contributed by atoms with E-state index in [-0.39, 0.29) is 0 Å². The molecular formula is C9H20N2O2. The number of aliphatic imine (C=N–C) groups is 1. The Kier molecular flexibility index (Phi) is 5.66. The van der Waals surface area contributed by atoms with Crippen molar-refractivity contribution < 1.29 is 9.47 Å². The Morgan fingerprint density at radius 2 is 2.08 bits per heavy atom. The highest BCUT2D eigenvalue weighted by Crippen LogP contribution is 2.08. The van der Waals surface area contributed by atoms with E-state index in [1.165, 1.54) is 0 Å². The minimum atomic E-state index is -0.470. The summed E-state index contributed by atoms with van der Waals surface area (Å²) in [6.45, 7) is 7.55. The third-order valence-corrected chi connectivity index (χ3v) is 1.70. The van der Waals surface area contributed by atoms with Gasteiger partial charge in [0.15, 0.2) is 0 Å². The summed E-state index contributed by atoms with van der Waals surface area (Å²) in [5.41, 5.74) is 5.28. The smallest absolute Gasteiger partial charge is 0.126 e. The van der Waals surface area contributed by atoms with E-state index in [1.807, 2.05) is 20.8 Å². The van der Waals surface area contributed by atoms with Gasteiger partial charge >= 0.3 is 0 Å². The molecular weight excluding hydrogens is 168 g/mol. The molecule has 2 N–H and O–H groups in total. The molecule has 0 aromatic carbocycles. The monoisotopic (exact) mass is 188 g/mol. The van der Waals surface area contributed by atoms with Gasteiger partial charge < -0.3 is 15.2 Å². The summed E-state index contributed by atoms with van der Waals surface area (Å²) in [6.07, 6.45) is 0. The van der Waals surface area contributed by atoms with Gasteiger partial charge in [0.2, 0.25) is 0 Å². The molecule has 0 aromatic rings. The zero-order valence-corrected chi connectivity index (χ0v) is 8.96. The van der Waals surface area contributed by atoms with Crippen LogP contribution in [-0.4, -0.2) is 38.3 Å². The molecule has 13 heavy (non-hydrogen) atoms. The van der Waals surface area contributed by atoms with Crippen LogP contribution in [0.25, 0.3) is 0 Å². The maximum Gasteiger partial charge on any atom is 0.126 e. The molecule has 0 amide bonds. The van der Waals surface area contributed by atoms with Gasteiger partial charge in [0.05, 0.1) is 13.2 Å². The summed E-state index contributed by atoms with van der Waals surface area (Å²) in [4.78, 5) is 4.15. The van der Waals surface area contributed by atoms with Crippen molar-refractivity contribution >= 4 is 5.84 Å². The maximum absolute atomic E-state index is 5.75. The molecule has 0 heterocycles. The fourth-order valence-electron chi connectivity index (χ4n) is 0.883. The first kappa shape index (κ1) is 12.4. The fourth-order valence-corrected chi connectivity index (χ4v) is 0.883. The third kappa shape index (κ3) is 4.85. The number of methoxy groups -OCH3 is 1. The summed E-state index contributed by atoms with van der Waals surface area (Å²) < 4.78 is 10.3. The molecule has 0 bridgehead atoms. The normalized spacial score (nSPS) is 13.4. The van der Waals surface area contributed by atoms with Crippen molar-refractivity contribution in [2.45, 2.75) is 26.4 Å². The van der Waals surface area contributed by atoms with E-state index in [1.54, 1.807) is 7.11 Å². The number of rotatable bonds is 6. The van der Waals surface area contributed by atoms with Gasteiger partial charge in [-0.05, 0) is 20.8 Å². The lowest BCUT2D eigenvalue weighted by molar-refractivity contribution is 0.0428. The van der Waals surface area contributed by atoms with Crippen LogP contribution in [0.1, 0.15) is 20.8 Å². The molecule has 0 fully saturated rings. The van der Waals surface area contributed by atoms with Crippen LogP contribution in [0.4, 0.5) is 0 Å². The van der Waals surface area contributed by atoms with Gasteiger partial charge in [0.1, 0.15) is 11.4 Å². The van der Waals surface area contributed by atoms with Gasteiger partial charge in [0, 0.05) is 13.7 Å². The van der Waals surface area contributed by atoms with E-state index in [0.717, 1.165) is 0 Å². The SMILES string of the molecule is CCOC(C)(C)C(N)=NCCOC. The Balaban J connectivity index is 4.04. The maximum atomic E-state index is 5.75. The first-order valence-electron chi connectivity index (χ1n) is 4.48. The fraction of sp³-hybridized carbons (Fsp3) is 0.889. The van der Waals surface area contributed by atoms with Crippen LogP contribution in [0.5, 0.6) is 0 Å². The average Bonchev–Trinajstić information content (AvgIpc) is 2.04. The zero-order valence-electron chi connectivity index (χ0n) is 8.96. The number of hydrogen-bond acceptors (Lipinski definition) is 3. The molecule has 0 aliphatic carbocycles. The summed E-state index contributed by atoms with van der Waals surface area (Å²) in [5, 5.41) is 0. The topological polar surface area (TPSA) is 56.8 Å². The molecule has 0 unspecified atom stereocenters. The van der Waals surface area contributed by atoms with Gasteiger partial charge in [-0.15, -0.1) is 0 Å². The first-order chi connectivity index (χ1) is 6.04. The molecule has 0 atom stereocenters. The first-order valence-corrected chi connectivity index (χ1v) is 4.48. The zero-order chi connectivity index (χ0) is 10.3. The van der Waals surface area contributed by atoms with E-state index in [4.69, 9.17) is 15.2 Å². The number of nitrogens with two attached hydrogens (primary N) is 1.